The van der Waals surface area contributed by atoms with Crippen LogP contribution in [0.3, 0.4) is 0 Å². The van der Waals surface area contributed by atoms with Crippen LogP contribution in [0.5, 0.6) is 5.75 Å². The van der Waals surface area contributed by atoms with Crippen LogP contribution < -0.4 is 10.1 Å². The maximum Gasteiger partial charge on any atom is 0.123 e. The summed E-state index contributed by atoms with van der Waals surface area (Å²) in [5.74, 6) is 0.920. The van der Waals surface area contributed by atoms with Gasteiger partial charge in [-0.2, -0.15) is 0 Å². The van der Waals surface area contributed by atoms with Gasteiger partial charge in [0.25, 0.3) is 0 Å². The summed E-state index contributed by atoms with van der Waals surface area (Å²) in [4.78, 5) is 1.35. The van der Waals surface area contributed by atoms with E-state index in [9.17, 15) is 0 Å². The zero-order valence-corrected chi connectivity index (χ0v) is 12.8. The van der Waals surface area contributed by atoms with Crippen molar-refractivity contribution in [2.45, 2.75) is 19.5 Å². The van der Waals surface area contributed by atoms with Gasteiger partial charge in [0.1, 0.15) is 5.75 Å². The minimum Gasteiger partial charge on any atom is -0.496 e. The normalized spacial score (nSPS) is 12.4. The number of halogens is 1. The summed E-state index contributed by atoms with van der Waals surface area (Å²) in [6, 6.07) is 10.7. The van der Waals surface area contributed by atoms with Gasteiger partial charge in [-0.1, -0.05) is 22.0 Å². The van der Waals surface area contributed by atoms with Crippen molar-refractivity contribution in [3.8, 4) is 5.75 Å². The Balaban J connectivity index is 2.03. The van der Waals surface area contributed by atoms with Crippen molar-refractivity contribution >= 4 is 27.3 Å². The second-order valence-electron chi connectivity index (χ2n) is 4.07. The van der Waals surface area contributed by atoms with Gasteiger partial charge in [-0.25, -0.2) is 0 Å². The van der Waals surface area contributed by atoms with Crippen molar-refractivity contribution in [3.05, 3.63) is 50.6 Å². The molecule has 2 nitrogen and oxygen atoms in total. The second kappa shape index (κ2) is 6.36. The van der Waals surface area contributed by atoms with Crippen molar-refractivity contribution in [1.82, 2.24) is 5.32 Å². The summed E-state index contributed by atoms with van der Waals surface area (Å²) in [5, 5.41) is 5.62. The van der Waals surface area contributed by atoms with Crippen molar-refractivity contribution in [2.75, 3.05) is 7.11 Å². The highest BCUT2D eigenvalue weighted by molar-refractivity contribution is 9.10. The number of benzene rings is 1. The van der Waals surface area contributed by atoms with Gasteiger partial charge in [0.15, 0.2) is 0 Å². The lowest BCUT2D eigenvalue weighted by atomic mass is 10.2. The number of rotatable bonds is 5. The van der Waals surface area contributed by atoms with Crippen molar-refractivity contribution in [1.29, 1.82) is 0 Å². The molecule has 0 spiro atoms. The van der Waals surface area contributed by atoms with E-state index < -0.39 is 0 Å². The van der Waals surface area contributed by atoms with E-state index in [1.54, 1.807) is 18.4 Å². The quantitative estimate of drug-likeness (QED) is 0.881. The molecule has 0 aliphatic rings. The van der Waals surface area contributed by atoms with Crippen LogP contribution in [0.15, 0.2) is 40.2 Å². The van der Waals surface area contributed by atoms with Crippen LogP contribution in [-0.2, 0) is 6.54 Å². The largest absolute Gasteiger partial charge is 0.496 e. The molecule has 96 valence electrons. The molecular weight excluding hydrogens is 310 g/mol. The maximum absolute atomic E-state index is 5.37. The average molecular weight is 326 g/mol. The monoisotopic (exact) mass is 325 g/mol. The Morgan fingerprint density at radius 2 is 2.22 bits per heavy atom. The smallest absolute Gasteiger partial charge is 0.123 e. The van der Waals surface area contributed by atoms with Crippen LogP contribution in [0.2, 0.25) is 0 Å². The van der Waals surface area contributed by atoms with Crippen LogP contribution in [0.4, 0.5) is 0 Å². The highest BCUT2D eigenvalue weighted by Crippen LogP contribution is 2.24. The summed E-state index contributed by atoms with van der Waals surface area (Å²) in [6.45, 7) is 2.97. The standard InChI is InChI=1S/C14H16BrNOS/c1-10(14-4-3-7-18-14)16-9-11-8-12(15)5-6-13(11)17-2/h3-8,10,16H,9H2,1-2H3/t10-/m0/s1. The highest BCUT2D eigenvalue weighted by atomic mass is 79.9. The fourth-order valence-electron chi connectivity index (χ4n) is 1.79. The van der Waals surface area contributed by atoms with Crippen LogP contribution in [0, 0.1) is 0 Å². The Morgan fingerprint density at radius 1 is 1.39 bits per heavy atom. The predicted octanol–water partition coefficient (Wildman–Crippen LogP) is 4.37. The number of hydrogen-bond donors (Lipinski definition) is 1. The van der Waals surface area contributed by atoms with Gasteiger partial charge in [0, 0.05) is 27.5 Å². The van der Waals surface area contributed by atoms with Gasteiger partial charge in [0.05, 0.1) is 7.11 Å². The lowest BCUT2D eigenvalue weighted by molar-refractivity contribution is 0.406. The minimum atomic E-state index is 0.355. The van der Waals surface area contributed by atoms with E-state index >= 15 is 0 Å². The number of hydrogen-bond acceptors (Lipinski definition) is 3. The van der Waals surface area contributed by atoms with Crippen LogP contribution in [-0.4, -0.2) is 7.11 Å². The van der Waals surface area contributed by atoms with Gasteiger partial charge in [-0.15, -0.1) is 11.3 Å². The first-order valence-corrected chi connectivity index (χ1v) is 7.47. The van der Waals surface area contributed by atoms with Crippen molar-refractivity contribution in [2.24, 2.45) is 0 Å². The van der Waals surface area contributed by atoms with E-state index in [-0.39, 0.29) is 0 Å². The van der Waals surface area contributed by atoms with Gasteiger partial charge in [-0.3, -0.25) is 0 Å². The molecule has 0 unspecified atom stereocenters. The molecule has 1 atom stereocenters. The molecule has 0 radical (unpaired) electrons. The van der Waals surface area contributed by atoms with Gasteiger partial charge < -0.3 is 10.1 Å². The Hall–Kier alpha value is -0.840. The SMILES string of the molecule is COc1ccc(Br)cc1CN[C@@H](C)c1cccs1. The molecule has 0 bridgehead atoms. The maximum atomic E-state index is 5.37. The van der Waals surface area contributed by atoms with Gasteiger partial charge >= 0.3 is 0 Å². The summed E-state index contributed by atoms with van der Waals surface area (Å²) < 4.78 is 6.44. The molecule has 1 aromatic carbocycles. The molecule has 0 amide bonds. The average Bonchev–Trinajstić information content (AvgIpc) is 2.90. The molecule has 1 heterocycles. The Labute approximate surface area is 120 Å². The van der Waals surface area contributed by atoms with E-state index in [0.29, 0.717) is 6.04 Å². The summed E-state index contributed by atoms with van der Waals surface area (Å²) in [7, 11) is 1.70. The number of ether oxygens (including phenoxy) is 1. The first-order valence-electron chi connectivity index (χ1n) is 5.80. The molecule has 0 saturated carbocycles. The van der Waals surface area contributed by atoms with Crippen LogP contribution in [0.1, 0.15) is 23.4 Å². The van der Waals surface area contributed by atoms with E-state index in [4.69, 9.17) is 4.74 Å². The lowest BCUT2D eigenvalue weighted by Gasteiger charge is -2.14. The van der Waals surface area contributed by atoms with Crippen molar-refractivity contribution in [3.63, 3.8) is 0 Å². The lowest BCUT2D eigenvalue weighted by Crippen LogP contribution is -2.17. The zero-order chi connectivity index (χ0) is 13.0. The topological polar surface area (TPSA) is 21.3 Å². The van der Waals surface area contributed by atoms with Gasteiger partial charge in [0.2, 0.25) is 0 Å². The molecule has 0 aliphatic carbocycles. The number of methoxy groups -OCH3 is 1. The Morgan fingerprint density at radius 3 is 2.89 bits per heavy atom. The minimum absolute atomic E-state index is 0.355. The summed E-state index contributed by atoms with van der Waals surface area (Å²) in [6.07, 6.45) is 0. The second-order valence-corrected chi connectivity index (χ2v) is 5.97. The number of nitrogens with one attached hydrogen (secondary N) is 1. The van der Waals surface area contributed by atoms with Gasteiger partial charge in [-0.05, 0) is 36.6 Å². The fourth-order valence-corrected chi connectivity index (χ4v) is 2.95. The first kappa shape index (κ1) is 13.6. The third-order valence-corrected chi connectivity index (χ3v) is 4.36. The molecule has 1 N–H and O–H groups in total. The highest BCUT2D eigenvalue weighted by Gasteiger charge is 2.08. The number of thiophene rings is 1. The molecule has 2 rings (SSSR count). The molecule has 0 saturated heterocycles. The molecular formula is C14H16BrNOS. The third kappa shape index (κ3) is 3.34. The zero-order valence-electron chi connectivity index (χ0n) is 10.4. The van der Waals surface area contributed by atoms with Crippen LogP contribution in [0.25, 0.3) is 0 Å². The Kier molecular flexibility index (Phi) is 4.80. The summed E-state index contributed by atoms with van der Waals surface area (Å²) in [5.41, 5.74) is 1.16. The molecule has 0 aliphatic heterocycles. The first-order chi connectivity index (χ1) is 8.70. The molecule has 18 heavy (non-hydrogen) atoms. The molecule has 1 aromatic heterocycles. The van der Waals surface area contributed by atoms with E-state index in [0.717, 1.165) is 22.3 Å². The van der Waals surface area contributed by atoms with Crippen LogP contribution >= 0.6 is 27.3 Å². The predicted molar refractivity (Wildman–Crippen MR) is 80.3 cm³/mol. The molecule has 2 aromatic rings. The van der Waals surface area contributed by atoms with E-state index in [1.165, 1.54) is 4.88 Å². The van der Waals surface area contributed by atoms with Crippen molar-refractivity contribution < 1.29 is 4.74 Å². The third-order valence-electron chi connectivity index (χ3n) is 2.81. The van der Waals surface area contributed by atoms with E-state index in [1.807, 2.05) is 12.1 Å². The molecule has 0 fully saturated rings. The summed E-state index contributed by atoms with van der Waals surface area (Å²) >= 11 is 5.27. The van der Waals surface area contributed by atoms with E-state index in [2.05, 4.69) is 51.7 Å². The fraction of sp³-hybridized carbons (Fsp3) is 0.286. The molecule has 4 heteroatoms. The Bertz CT molecular complexity index is 499.